The molecule has 0 amide bonds. The van der Waals surface area contributed by atoms with Gasteiger partial charge in [-0.2, -0.15) is 0 Å². The Balaban J connectivity index is 2.08. The Labute approximate surface area is 152 Å². The van der Waals surface area contributed by atoms with E-state index in [1.807, 2.05) is 0 Å². The fourth-order valence-corrected chi connectivity index (χ4v) is 4.06. The van der Waals surface area contributed by atoms with Gasteiger partial charge in [0.2, 0.25) is 0 Å². The van der Waals surface area contributed by atoms with E-state index in [-0.39, 0.29) is 5.54 Å². The van der Waals surface area contributed by atoms with Gasteiger partial charge in [-0.15, -0.1) is 0 Å². The Morgan fingerprint density at radius 3 is 2.40 bits per heavy atom. The summed E-state index contributed by atoms with van der Waals surface area (Å²) >= 11 is 0. The molecule has 0 atom stereocenters. The highest BCUT2D eigenvalue weighted by molar-refractivity contribution is 5.80. The van der Waals surface area contributed by atoms with Crippen LogP contribution in [-0.4, -0.2) is 38.1 Å². The largest absolute Gasteiger partial charge is 0.496 e. The maximum absolute atomic E-state index is 5.82. The van der Waals surface area contributed by atoms with Crippen LogP contribution in [0.1, 0.15) is 44.2 Å². The number of hydrogen-bond donors (Lipinski definition) is 0. The topological polar surface area (TPSA) is 15.7 Å². The molecule has 3 rings (SSSR count). The zero-order chi connectivity index (χ0) is 18.4. The molecule has 1 aromatic rings. The fraction of sp³-hybridized carbons (Fsp3) is 0.455. The highest BCUT2D eigenvalue weighted by atomic mass is 16.5. The summed E-state index contributed by atoms with van der Waals surface area (Å²) in [5.41, 5.74) is 7.35. The molecule has 1 aromatic carbocycles. The third kappa shape index (κ3) is 2.71. The number of likely N-dealkylation sites (N-methyl/N-ethyl adjacent to an activating group) is 1. The second-order valence-electron chi connectivity index (χ2n) is 7.53. The monoisotopic (exact) mass is 338 g/mol. The predicted molar refractivity (Wildman–Crippen MR) is 105 cm³/mol. The van der Waals surface area contributed by atoms with Crippen molar-refractivity contribution >= 4 is 5.57 Å². The Kier molecular flexibility index (Phi) is 4.54. The van der Waals surface area contributed by atoms with Crippen LogP contribution in [-0.2, 0) is 5.54 Å². The molecule has 0 saturated heterocycles. The van der Waals surface area contributed by atoms with Crippen LogP contribution in [0.5, 0.6) is 5.75 Å². The van der Waals surface area contributed by atoms with Crippen molar-refractivity contribution < 1.29 is 4.74 Å². The molecule has 25 heavy (non-hydrogen) atoms. The van der Waals surface area contributed by atoms with E-state index in [1.165, 1.54) is 47.2 Å². The number of benzene rings is 1. The molecule has 134 valence electrons. The number of rotatable bonds is 4. The van der Waals surface area contributed by atoms with E-state index >= 15 is 0 Å². The lowest BCUT2D eigenvalue weighted by Gasteiger charge is -2.48. The van der Waals surface area contributed by atoms with Crippen molar-refractivity contribution in [2.45, 2.75) is 38.6 Å². The summed E-state index contributed by atoms with van der Waals surface area (Å²) in [7, 11) is 8.21. The number of nitrogens with zero attached hydrogens (tertiary/aromatic N) is 2. The molecule has 0 unspecified atom stereocenters. The van der Waals surface area contributed by atoms with Crippen molar-refractivity contribution in [3.05, 3.63) is 58.9 Å². The molecule has 1 aliphatic heterocycles. The molecule has 1 saturated carbocycles. The van der Waals surface area contributed by atoms with Crippen molar-refractivity contribution in [1.82, 2.24) is 9.80 Å². The van der Waals surface area contributed by atoms with Gasteiger partial charge in [0.1, 0.15) is 5.75 Å². The van der Waals surface area contributed by atoms with Crippen molar-refractivity contribution in [1.29, 1.82) is 0 Å². The molecule has 0 spiro atoms. The van der Waals surface area contributed by atoms with E-state index in [0.29, 0.717) is 0 Å². The van der Waals surface area contributed by atoms with Crippen LogP contribution in [0.25, 0.3) is 5.57 Å². The van der Waals surface area contributed by atoms with Gasteiger partial charge in [0.05, 0.1) is 7.11 Å². The van der Waals surface area contributed by atoms with Crippen LogP contribution in [0.4, 0.5) is 0 Å². The third-order valence-corrected chi connectivity index (χ3v) is 6.16. The van der Waals surface area contributed by atoms with Crippen molar-refractivity contribution in [3.8, 4) is 5.75 Å². The van der Waals surface area contributed by atoms with Crippen LogP contribution in [0.3, 0.4) is 0 Å². The normalized spacial score (nSPS) is 19.9. The molecular weight excluding hydrogens is 308 g/mol. The molecule has 3 nitrogen and oxygen atoms in total. The fourth-order valence-electron chi connectivity index (χ4n) is 4.06. The number of ether oxygens (including phenoxy) is 1. The van der Waals surface area contributed by atoms with Gasteiger partial charge in [-0.1, -0.05) is 18.7 Å². The Bertz CT molecular complexity index is 766. The highest BCUT2D eigenvalue weighted by Crippen LogP contribution is 2.49. The first kappa shape index (κ1) is 17.8. The quantitative estimate of drug-likeness (QED) is 0.786. The summed E-state index contributed by atoms with van der Waals surface area (Å²) in [6.07, 6.45) is 5.90. The second-order valence-corrected chi connectivity index (χ2v) is 7.53. The first-order valence-electron chi connectivity index (χ1n) is 9.00. The summed E-state index contributed by atoms with van der Waals surface area (Å²) in [6, 6.07) is 6.70. The van der Waals surface area contributed by atoms with E-state index in [9.17, 15) is 0 Å². The van der Waals surface area contributed by atoms with Gasteiger partial charge >= 0.3 is 0 Å². The minimum atomic E-state index is 0.122. The maximum atomic E-state index is 5.82. The number of allylic oxidation sites excluding steroid dienone is 4. The predicted octanol–water partition coefficient (Wildman–Crippen LogP) is 4.77. The van der Waals surface area contributed by atoms with Gasteiger partial charge in [0.25, 0.3) is 0 Å². The Morgan fingerprint density at radius 1 is 1.20 bits per heavy atom. The van der Waals surface area contributed by atoms with Gasteiger partial charge in [-0.25, -0.2) is 0 Å². The molecule has 1 aliphatic carbocycles. The molecule has 0 radical (unpaired) electrons. The molecule has 0 N–H and O–H groups in total. The lowest BCUT2D eigenvalue weighted by molar-refractivity contribution is 0.0550. The van der Waals surface area contributed by atoms with E-state index in [2.05, 4.69) is 75.6 Å². The summed E-state index contributed by atoms with van der Waals surface area (Å²) in [5.74, 6) is 0.990. The summed E-state index contributed by atoms with van der Waals surface area (Å²) in [5, 5.41) is 0. The van der Waals surface area contributed by atoms with Crippen LogP contribution in [0, 0.1) is 0 Å². The SMILES string of the molecule is C=C1C(C)=CC(c2ccc(C3(N(C)C)CCC3)c(OC)c2)=C(C)N1C. The number of methoxy groups -OCH3 is 1. The Hall–Kier alpha value is -2.00. The van der Waals surface area contributed by atoms with Crippen LogP contribution >= 0.6 is 0 Å². The third-order valence-electron chi connectivity index (χ3n) is 6.16. The smallest absolute Gasteiger partial charge is 0.124 e. The lowest BCUT2D eigenvalue weighted by Crippen LogP contribution is -2.47. The summed E-state index contributed by atoms with van der Waals surface area (Å²) in [6.45, 7) is 8.43. The van der Waals surface area contributed by atoms with Crippen molar-refractivity contribution in [3.63, 3.8) is 0 Å². The second kappa shape index (κ2) is 6.38. The highest BCUT2D eigenvalue weighted by Gasteiger charge is 2.42. The first-order chi connectivity index (χ1) is 11.8. The summed E-state index contributed by atoms with van der Waals surface area (Å²) in [4.78, 5) is 4.51. The molecule has 0 bridgehead atoms. The standard InChI is InChI=1S/C22H30N2O/c1-15-13-19(17(3)24(6)16(15)2)18-9-10-20(21(14-18)25-7)22(23(4)5)11-8-12-22/h9-10,13-14H,2,8,11-12H2,1,3-7H3. The maximum Gasteiger partial charge on any atom is 0.124 e. The average Bonchev–Trinajstić information content (AvgIpc) is 2.55. The average molecular weight is 338 g/mol. The Morgan fingerprint density at radius 2 is 1.88 bits per heavy atom. The van der Waals surface area contributed by atoms with Gasteiger partial charge in [-0.3, -0.25) is 4.90 Å². The molecule has 0 aromatic heterocycles. The summed E-state index contributed by atoms with van der Waals surface area (Å²) < 4.78 is 5.82. The lowest BCUT2D eigenvalue weighted by atomic mass is 9.70. The van der Waals surface area contributed by atoms with E-state index in [4.69, 9.17) is 4.74 Å². The molecule has 2 aliphatic rings. The zero-order valence-electron chi connectivity index (χ0n) is 16.4. The molecule has 3 heteroatoms. The van der Waals surface area contributed by atoms with Crippen LogP contribution in [0.15, 0.2) is 47.8 Å². The van der Waals surface area contributed by atoms with Crippen LogP contribution in [0.2, 0.25) is 0 Å². The van der Waals surface area contributed by atoms with Gasteiger partial charge in [0, 0.05) is 35.1 Å². The van der Waals surface area contributed by atoms with Crippen molar-refractivity contribution in [2.24, 2.45) is 0 Å². The van der Waals surface area contributed by atoms with Gasteiger partial charge < -0.3 is 9.64 Å². The molecule has 1 heterocycles. The molecule has 1 fully saturated rings. The van der Waals surface area contributed by atoms with Gasteiger partial charge in [-0.05, 0) is 70.5 Å². The van der Waals surface area contributed by atoms with Crippen LogP contribution < -0.4 is 4.74 Å². The molecular formula is C22H30N2O. The minimum absolute atomic E-state index is 0.122. The van der Waals surface area contributed by atoms with Gasteiger partial charge in [0.15, 0.2) is 0 Å². The zero-order valence-corrected chi connectivity index (χ0v) is 16.4. The first-order valence-corrected chi connectivity index (χ1v) is 9.00. The minimum Gasteiger partial charge on any atom is -0.496 e. The van der Waals surface area contributed by atoms with E-state index < -0.39 is 0 Å². The van der Waals surface area contributed by atoms with Crippen molar-refractivity contribution in [2.75, 3.05) is 28.3 Å². The van der Waals surface area contributed by atoms with E-state index in [0.717, 1.165) is 11.4 Å². The van der Waals surface area contributed by atoms with E-state index in [1.54, 1.807) is 7.11 Å². The number of hydrogen-bond acceptors (Lipinski definition) is 3.